The monoisotopic (exact) mass is 627 g/mol. The Labute approximate surface area is 265 Å². The van der Waals surface area contributed by atoms with Crippen molar-refractivity contribution in [3.05, 3.63) is 87.8 Å². The van der Waals surface area contributed by atoms with Crippen LogP contribution in [0.25, 0.3) is 39.0 Å². The van der Waals surface area contributed by atoms with E-state index in [1.54, 1.807) is 35.5 Å². The van der Waals surface area contributed by atoms with Crippen molar-refractivity contribution < 1.29 is 9.18 Å². The molecule has 0 N–H and O–H groups in total. The van der Waals surface area contributed by atoms with Crippen LogP contribution in [0.4, 0.5) is 10.2 Å². The molecule has 1 saturated heterocycles. The lowest BCUT2D eigenvalue weighted by Crippen LogP contribution is -2.58. The largest absolute Gasteiger partial charge is 0.355 e. The third kappa shape index (κ3) is 4.97. The average Bonchev–Trinajstić information content (AvgIpc) is 3.36. The zero-order valence-electron chi connectivity index (χ0n) is 26.2. The van der Waals surface area contributed by atoms with Crippen LogP contribution in [0.1, 0.15) is 44.7 Å². The van der Waals surface area contributed by atoms with E-state index in [1.165, 1.54) is 16.7 Å². The molecule has 0 bridgehead atoms. The van der Waals surface area contributed by atoms with Gasteiger partial charge >= 0.3 is 5.69 Å². The van der Waals surface area contributed by atoms with E-state index in [9.17, 15) is 9.59 Å². The second kappa shape index (κ2) is 11.4. The lowest BCUT2D eigenvalue weighted by molar-refractivity contribution is -0.128. The Morgan fingerprint density at radius 3 is 2.56 bits per heavy atom. The van der Waals surface area contributed by atoms with Gasteiger partial charge in [0.2, 0.25) is 5.91 Å². The van der Waals surface area contributed by atoms with Crippen molar-refractivity contribution >= 4 is 45.4 Å². The Kier molecular flexibility index (Phi) is 7.72. The summed E-state index contributed by atoms with van der Waals surface area (Å²) in [6.45, 7) is 14.5. The van der Waals surface area contributed by atoms with Crippen molar-refractivity contribution in [1.82, 2.24) is 29.0 Å². The smallest absolute Gasteiger partial charge is 0.349 e. The second-order valence-electron chi connectivity index (χ2n) is 12.1. The molecule has 5 aromatic rings. The van der Waals surface area contributed by atoms with E-state index in [2.05, 4.69) is 25.4 Å². The molecule has 9 nitrogen and oxygen atoms in total. The predicted molar refractivity (Wildman–Crippen MR) is 177 cm³/mol. The molecule has 232 valence electrons. The van der Waals surface area contributed by atoms with Crippen LogP contribution in [0.3, 0.4) is 0 Å². The number of imidazole rings is 1. The molecule has 0 spiro atoms. The van der Waals surface area contributed by atoms with Crippen LogP contribution >= 0.6 is 11.6 Å². The SMILES string of the molecule is C=CC(=O)N1C[C@H](C)N(c2nc(=O)n(-c3c(C)cc4c(ncn4C)c3C(C)C)c3nc(-c4ccccc4F)c(Cl)cc23)C[C@H]1C. The highest BCUT2D eigenvalue weighted by Gasteiger charge is 2.34. The van der Waals surface area contributed by atoms with Gasteiger partial charge in [-0.15, -0.1) is 0 Å². The molecule has 4 heterocycles. The Morgan fingerprint density at radius 2 is 1.87 bits per heavy atom. The number of nitrogens with zero attached hydrogens (tertiary/aromatic N) is 7. The molecule has 0 radical (unpaired) electrons. The number of aromatic nitrogens is 5. The van der Waals surface area contributed by atoms with Gasteiger partial charge in [-0.3, -0.25) is 4.79 Å². The van der Waals surface area contributed by atoms with Gasteiger partial charge < -0.3 is 14.4 Å². The molecule has 45 heavy (non-hydrogen) atoms. The molecule has 2 atom stereocenters. The van der Waals surface area contributed by atoms with Gasteiger partial charge in [0.25, 0.3) is 0 Å². The Bertz CT molecular complexity index is 2070. The normalized spacial score (nSPS) is 17.1. The number of hydrogen-bond acceptors (Lipinski definition) is 6. The first kappa shape index (κ1) is 30.5. The molecular formula is C34H35ClFN7O2. The molecule has 3 aromatic heterocycles. The lowest BCUT2D eigenvalue weighted by atomic mass is 9.95. The minimum absolute atomic E-state index is 0.00592. The molecule has 6 rings (SSSR count). The van der Waals surface area contributed by atoms with Crippen LogP contribution in [-0.4, -0.2) is 60.1 Å². The summed E-state index contributed by atoms with van der Waals surface area (Å²) in [5.41, 5.74) is 4.31. The minimum atomic E-state index is -0.531. The van der Waals surface area contributed by atoms with Crippen molar-refractivity contribution in [2.24, 2.45) is 7.05 Å². The number of anilines is 1. The van der Waals surface area contributed by atoms with Gasteiger partial charge in [-0.05, 0) is 62.6 Å². The maximum absolute atomic E-state index is 15.1. The predicted octanol–water partition coefficient (Wildman–Crippen LogP) is 6.17. The molecular weight excluding hydrogens is 593 g/mol. The number of rotatable bonds is 5. The second-order valence-corrected chi connectivity index (χ2v) is 12.5. The maximum atomic E-state index is 15.1. The van der Waals surface area contributed by atoms with E-state index in [0.29, 0.717) is 35.6 Å². The van der Waals surface area contributed by atoms with Gasteiger partial charge in [0.15, 0.2) is 5.65 Å². The summed E-state index contributed by atoms with van der Waals surface area (Å²) in [7, 11) is 1.94. The molecule has 0 unspecified atom stereocenters. The van der Waals surface area contributed by atoms with Gasteiger partial charge in [0.1, 0.15) is 11.6 Å². The Balaban J connectivity index is 1.69. The van der Waals surface area contributed by atoms with Crippen molar-refractivity contribution in [1.29, 1.82) is 0 Å². The minimum Gasteiger partial charge on any atom is -0.349 e. The highest BCUT2D eigenvalue weighted by Crippen LogP contribution is 2.38. The molecule has 1 amide bonds. The number of pyridine rings is 1. The number of piperazine rings is 1. The number of halogens is 2. The lowest BCUT2D eigenvalue weighted by Gasteiger charge is -2.44. The fourth-order valence-electron chi connectivity index (χ4n) is 6.47. The zero-order valence-corrected chi connectivity index (χ0v) is 26.9. The quantitative estimate of drug-likeness (QED) is 0.217. The summed E-state index contributed by atoms with van der Waals surface area (Å²) in [6, 6.07) is 9.65. The summed E-state index contributed by atoms with van der Waals surface area (Å²) < 4.78 is 18.6. The first-order valence-electron chi connectivity index (χ1n) is 15.0. The zero-order chi connectivity index (χ0) is 32.3. The molecule has 11 heteroatoms. The summed E-state index contributed by atoms with van der Waals surface area (Å²) in [4.78, 5) is 45.0. The standard InChI is InChI=1S/C34H35ClFN7O2/c1-8-27(44)41-15-21(6)42(16-20(41)5)32-23-14-24(35)29(22-11-9-10-12-25(22)36)38-33(23)43(34(45)39-32)31-19(4)13-26-30(28(31)18(2)3)37-17-40(26)7/h8-14,17-18,20-21H,1,15-16H2,2-7H3/t20-,21+/m1/s1. The van der Waals surface area contributed by atoms with Gasteiger partial charge in [0.05, 0.1) is 39.2 Å². The van der Waals surface area contributed by atoms with Crippen molar-refractivity contribution in [2.75, 3.05) is 18.0 Å². The molecule has 0 saturated carbocycles. The molecule has 1 aliphatic rings. The van der Waals surface area contributed by atoms with E-state index < -0.39 is 11.5 Å². The number of benzene rings is 2. The fourth-order valence-corrected chi connectivity index (χ4v) is 6.73. The van der Waals surface area contributed by atoms with Crippen LogP contribution in [0.2, 0.25) is 5.02 Å². The number of amides is 1. The molecule has 1 fully saturated rings. The van der Waals surface area contributed by atoms with E-state index >= 15 is 4.39 Å². The van der Waals surface area contributed by atoms with Crippen LogP contribution in [0.5, 0.6) is 0 Å². The van der Waals surface area contributed by atoms with Gasteiger partial charge in [-0.2, -0.15) is 4.98 Å². The summed E-state index contributed by atoms with van der Waals surface area (Å²) in [5, 5.41) is 0.764. The Hall–Kier alpha value is -4.57. The number of carbonyl (C=O) groups excluding carboxylic acids is 1. The van der Waals surface area contributed by atoms with Gasteiger partial charge in [0, 0.05) is 43.3 Å². The van der Waals surface area contributed by atoms with Crippen molar-refractivity contribution in [3.8, 4) is 16.9 Å². The van der Waals surface area contributed by atoms with Gasteiger partial charge in [-0.1, -0.05) is 44.2 Å². The number of hydrogen-bond donors (Lipinski definition) is 0. The summed E-state index contributed by atoms with van der Waals surface area (Å²) >= 11 is 6.86. The topological polar surface area (TPSA) is 89.2 Å². The average molecular weight is 628 g/mol. The fraction of sp³-hybridized carbons (Fsp3) is 0.324. The number of fused-ring (bicyclic) bond motifs is 2. The van der Waals surface area contributed by atoms with E-state index in [-0.39, 0.29) is 40.2 Å². The van der Waals surface area contributed by atoms with Gasteiger partial charge in [-0.25, -0.2) is 23.7 Å². The van der Waals surface area contributed by atoms with E-state index in [4.69, 9.17) is 21.6 Å². The number of carbonyl (C=O) groups is 1. The highest BCUT2D eigenvalue weighted by atomic mass is 35.5. The Morgan fingerprint density at radius 1 is 1.13 bits per heavy atom. The van der Waals surface area contributed by atoms with Crippen LogP contribution in [0, 0.1) is 12.7 Å². The number of aryl methyl sites for hydroxylation is 2. The summed E-state index contributed by atoms with van der Waals surface area (Å²) in [5.74, 6) is -0.223. The van der Waals surface area contributed by atoms with Crippen LogP contribution in [0.15, 0.2) is 60.2 Å². The van der Waals surface area contributed by atoms with Crippen molar-refractivity contribution in [2.45, 2.75) is 52.6 Å². The first-order chi connectivity index (χ1) is 21.4. The first-order valence-corrected chi connectivity index (χ1v) is 15.3. The third-order valence-corrected chi connectivity index (χ3v) is 8.95. The van der Waals surface area contributed by atoms with Crippen LogP contribution in [-0.2, 0) is 11.8 Å². The van der Waals surface area contributed by atoms with Crippen LogP contribution < -0.4 is 10.6 Å². The van der Waals surface area contributed by atoms with Crippen molar-refractivity contribution in [3.63, 3.8) is 0 Å². The highest BCUT2D eigenvalue weighted by molar-refractivity contribution is 6.33. The third-order valence-electron chi connectivity index (χ3n) is 8.67. The maximum Gasteiger partial charge on any atom is 0.355 e. The molecule has 2 aromatic carbocycles. The van der Waals surface area contributed by atoms with E-state index in [1.807, 2.05) is 43.4 Å². The van der Waals surface area contributed by atoms with E-state index in [0.717, 1.165) is 22.2 Å². The molecule has 1 aliphatic heterocycles. The summed E-state index contributed by atoms with van der Waals surface area (Å²) in [6.07, 6.45) is 3.07. The molecule has 0 aliphatic carbocycles.